The summed E-state index contributed by atoms with van der Waals surface area (Å²) in [6, 6.07) is 11.9. The van der Waals surface area contributed by atoms with Crippen LogP contribution in [0.25, 0.3) is 16.6 Å². The van der Waals surface area contributed by atoms with Crippen LogP contribution < -0.4 is 4.74 Å². The van der Waals surface area contributed by atoms with Crippen molar-refractivity contribution >= 4 is 22.5 Å². The molecular formula is C26H28F3N5O2. The van der Waals surface area contributed by atoms with E-state index in [1.807, 2.05) is 43.3 Å². The van der Waals surface area contributed by atoms with Crippen molar-refractivity contribution < 1.29 is 22.7 Å². The van der Waals surface area contributed by atoms with Crippen molar-refractivity contribution in [3.05, 3.63) is 64.7 Å². The van der Waals surface area contributed by atoms with Crippen LogP contribution in [-0.2, 0) is 23.9 Å². The summed E-state index contributed by atoms with van der Waals surface area (Å²) in [7, 11) is 1.74. The van der Waals surface area contributed by atoms with E-state index in [4.69, 9.17) is 4.74 Å². The van der Waals surface area contributed by atoms with E-state index in [0.29, 0.717) is 36.5 Å². The number of nitrogens with zero attached hydrogens (tertiary/aromatic N) is 5. The van der Waals surface area contributed by atoms with Crippen molar-refractivity contribution in [2.75, 3.05) is 13.7 Å². The average Bonchev–Trinajstić information content (AvgIpc) is 3.28. The van der Waals surface area contributed by atoms with Gasteiger partial charge in [0, 0.05) is 37.0 Å². The molecule has 0 aliphatic heterocycles. The fourth-order valence-corrected chi connectivity index (χ4v) is 4.26. The van der Waals surface area contributed by atoms with Crippen molar-refractivity contribution in [1.82, 2.24) is 24.5 Å². The lowest BCUT2D eigenvalue weighted by atomic mass is 10.0. The summed E-state index contributed by atoms with van der Waals surface area (Å²) in [5, 5.41) is 5.67. The van der Waals surface area contributed by atoms with Gasteiger partial charge in [0.1, 0.15) is 5.75 Å². The Bertz CT molecular complexity index is 1410. The van der Waals surface area contributed by atoms with Gasteiger partial charge >= 0.3 is 6.18 Å². The van der Waals surface area contributed by atoms with E-state index in [2.05, 4.69) is 15.1 Å². The van der Waals surface area contributed by atoms with Crippen LogP contribution in [0, 0.1) is 13.8 Å². The largest absolute Gasteiger partial charge is 0.493 e. The summed E-state index contributed by atoms with van der Waals surface area (Å²) >= 11 is 0. The number of halogens is 3. The first kappa shape index (κ1) is 25.4. The lowest BCUT2D eigenvalue weighted by molar-refractivity contribution is -0.144. The summed E-state index contributed by atoms with van der Waals surface area (Å²) in [5.41, 5.74) is 2.64. The molecule has 4 rings (SSSR count). The summed E-state index contributed by atoms with van der Waals surface area (Å²) < 4.78 is 46.2. The first-order valence-electron chi connectivity index (χ1n) is 11.8. The average molecular weight is 500 g/mol. The summed E-state index contributed by atoms with van der Waals surface area (Å²) in [6.07, 6.45) is -3.30. The second-order valence-corrected chi connectivity index (χ2v) is 8.77. The minimum Gasteiger partial charge on any atom is -0.493 e. The second kappa shape index (κ2) is 10.1. The number of fused-ring (bicyclic) bond motifs is 2. The van der Waals surface area contributed by atoms with E-state index in [0.717, 1.165) is 33.0 Å². The highest BCUT2D eigenvalue weighted by Crippen LogP contribution is 2.30. The van der Waals surface area contributed by atoms with Crippen LogP contribution in [0.4, 0.5) is 13.2 Å². The number of carbonyl (C=O) groups excluding carboxylic acids is 1. The molecule has 190 valence electrons. The molecule has 10 heteroatoms. The zero-order valence-corrected chi connectivity index (χ0v) is 20.7. The first-order chi connectivity index (χ1) is 17.1. The number of carbonyl (C=O) groups is 1. The molecule has 0 aliphatic rings. The highest BCUT2D eigenvalue weighted by molar-refractivity contribution is 5.88. The molecule has 0 saturated heterocycles. The van der Waals surface area contributed by atoms with Gasteiger partial charge in [-0.2, -0.15) is 18.2 Å². The lowest BCUT2D eigenvalue weighted by Gasteiger charge is -2.21. The van der Waals surface area contributed by atoms with Crippen LogP contribution in [0.5, 0.6) is 5.75 Å². The van der Waals surface area contributed by atoms with Crippen LogP contribution in [0.2, 0.25) is 0 Å². The predicted octanol–water partition coefficient (Wildman–Crippen LogP) is 5.29. The Labute approximate surface area is 206 Å². The van der Waals surface area contributed by atoms with Crippen LogP contribution in [0.3, 0.4) is 0 Å². The highest BCUT2D eigenvalue weighted by Gasteiger charge is 2.37. The monoisotopic (exact) mass is 499 g/mol. The summed E-state index contributed by atoms with van der Waals surface area (Å²) in [6.45, 7) is 6.34. The fraction of sp³-hybridized carbons (Fsp3) is 0.385. The number of rotatable bonds is 8. The molecule has 4 aromatic rings. The minimum absolute atomic E-state index is 0.0992. The molecule has 36 heavy (non-hydrogen) atoms. The Morgan fingerprint density at radius 1 is 1.08 bits per heavy atom. The first-order valence-corrected chi connectivity index (χ1v) is 11.8. The number of ether oxygens (including phenoxy) is 1. The molecule has 0 saturated carbocycles. The van der Waals surface area contributed by atoms with E-state index < -0.39 is 12.0 Å². The zero-order chi connectivity index (χ0) is 26.0. The van der Waals surface area contributed by atoms with E-state index in [1.165, 1.54) is 0 Å². The number of benzene rings is 2. The number of aryl methyl sites for hydroxylation is 2. The Morgan fingerprint density at radius 3 is 2.56 bits per heavy atom. The molecule has 2 aromatic carbocycles. The van der Waals surface area contributed by atoms with Crippen molar-refractivity contribution in [3.8, 4) is 5.75 Å². The van der Waals surface area contributed by atoms with E-state index >= 15 is 0 Å². The molecule has 0 N–H and O–H groups in total. The van der Waals surface area contributed by atoms with Gasteiger partial charge in [-0.3, -0.25) is 4.79 Å². The SMILES string of the molecule is CCCOc1ccc2ccccc2c1CN(C)C(=O)CCc1c(C)nc2nc(C(F)(F)F)nn2c1C. The van der Waals surface area contributed by atoms with E-state index in [9.17, 15) is 18.0 Å². The van der Waals surface area contributed by atoms with Crippen molar-refractivity contribution in [2.45, 2.75) is 52.8 Å². The molecule has 0 atom stereocenters. The molecular weight excluding hydrogens is 471 g/mol. The summed E-state index contributed by atoms with van der Waals surface area (Å²) in [5.74, 6) is -0.692. The van der Waals surface area contributed by atoms with Gasteiger partial charge in [0.2, 0.25) is 5.91 Å². The third-order valence-corrected chi connectivity index (χ3v) is 6.17. The Kier molecular flexibility index (Phi) is 7.14. The Balaban J connectivity index is 1.53. The van der Waals surface area contributed by atoms with Gasteiger partial charge in [0.25, 0.3) is 11.6 Å². The second-order valence-electron chi connectivity index (χ2n) is 8.77. The van der Waals surface area contributed by atoms with Gasteiger partial charge in [-0.15, -0.1) is 5.10 Å². The number of alkyl halides is 3. The molecule has 2 heterocycles. The highest BCUT2D eigenvalue weighted by atomic mass is 19.4. The van der Waals surface area contributed by atoms with Gasteiger partial charge < -0.3 is 9.64 Å². The minimum atomic E-state index is -4.66. The van der Waals surface area contributed by atoms with Gasteiger partial charge in [-0.25, -0.2) is 9.50 Å². The standard InChI is InChI=1S/C26H28F3N5O2/c1-5-14-36-22-12-10-18-8-6-7-9-20(18)21(22)15-33(4)23(35)13-11-19-16(2)30-25-31-24(26(27,28)29)32-34(25)17(19)3/h6-10,12H,5,11,13-15H2,1-4H3. The van der Waals surface area contributed by atoms with Gasteiger partial charge in [0.15, 0.2) is 0 Å². The molecule has 0 spiro atoms. The number of hydrogen-bond donors (Lipinski definition) is 0. The van der Waals surface area contributed by atoms with E-state index in [-0.39, 0.29) is 18.1 Å². The summed E-state index contributed by atoms with van der Waals surface area (Å²) in [4.78, 5) is 22.4. The molecule has 0 fully saturated rings. The topological polar surface area (TPSA) is 72.6 Å². The van der Waals surface area contributed by atoms with Gasteiger partial charge in [-0.1, -0.05) is 37.3 Å². The van der Waals surface area contributed by atoms with Gasteiger partial charge in [0.05, 0.1) is 6.61 Å². The molecule has 0 radical (unpaired) electrons. The lowest BCUT2D eigenvalue weighted by Crippen LogP contribution is -2.27. The van der Waals surface area contributed by atoms with Crippen molar-refractivity contribution in [1.29, 1.82) is 0 Å². The molecule has 0 bridgehead atoms. The number of amides is 1. The normalized spacial score (nSPS) is 11.9. The molecule has 7 nitrogen and oxygen atoms in total. The Hall–Kier alpha value is -3.69. The Morgan fingerprint density at radius 2 is 1.83 bits per heavy atom. The third-order valence-electron chi connectivity index (χ3n) is 6.17. The molecule has 1 amide bonds. The molecule has 0 unspecified atom stereocenters. The maximum atomic E-state index is 13.1. The van der Waals surface area contributed by atoms with Crippen molar-refractivity contribution in [3.63, 3.8) is 0 Å². The maximum absolute atomic E-state index is 13.1. The van der Waals surface area contributed by atoms with Crippen LogP contribution in [0.1, 0.15) is 48.1 Å². The third kappa shape index (κ3) is 5.12. The molecule has 2 aromatic heterocycles. The fourth-order valence-electron chi connectivity index (χ4n) is 4.26. The quantitative estimate of drug-likeness (QED) is 0.329. The smallest absolute Gasteiger partial charge is 0.453 e. The van der Waals surface area contributed by atoms with Crippen LogP contribution >= 0.6 is 0 Å². The number of hydrogen-bond acceptors (Lipinski definition) is 5. The van der Waals surface area contributed by atoms with E-state index in [1.54, 1.807) is 25.8 Å². The van der Waals surface area contributed by atoms with Crippen molar-refractivity contribution in [2.24, 2.45) is 0 Å². The zero-order valence-electron chi connectivity index (χ0n) is 20.7. The predicted molar refractivity (Wildman–Crippen MR) is 130 cm³/mol. The molecule has 0 aliphatic carbocycles. The van der Waals surface area contributed by atoms with Gasteiger partial charge in [-0.05, 0) is 49.1 Å². The number of aromatic nitrogens is 4. The van der Waals surface area contributed by atoms with Crippen LogP contribution in [0.15, 0.2) is 36.4 Å². The van der Waals surface area contributed by atoms with Crippen LogP contribution in [-0.4, -0.2) is 44.0 Å². The maximum Gasteiger partial charge on any atom is 0.453 e.